The van der Waals surface area contributed by atoms with Crippen molar-refractivity contribution in [3.63, 3.8) is 0 Å². The van der Waals surface area contributed by atoms with Crippen molar-refractivity contribution in [3.05, 3.63) is 16.1 Å². The van der Waals surface area contributed by atoms with Crippen LogP contribution in [0.15, 0.2) is 5.38 Å². The van der Waals surface area contributed by atoms with Crippen molar-refractivity contribution in [1.29, 1.82) is 0 Å². The average Bonchev–Trinajstić information content (AvgIpc) is 3.06. The van der Waals surface area contributed by atoms with E-state index in [1.807, 2.05) is 0 Å². The van der Waals surface area contributed by atoms with E-state index in [0.717, 1.165) is 5.01 Å². The molecule has 0 unspecified atom stereocenters. The molecule has 1 aliphatic rings. The number of ether oxygens (including phenoxy) is 1. The third-order valence-corrected chi connectivity index (χ3v) is 3.48. The molecule has 1 aromatic heterocycles. The maximum atomic E-state index is 12.6. The van der Waals surface area contributed by atoms with Gasteiger partial charge < -0.3 is 10.1 Å². The van der Waals surface area contributed by atoms with Crippen molar-refractivity contribution in [1.82, 2.24) is 10.3 Å². The van der Waals surface area contributed by atoms with E-state index < -0.39 is 19.0 Å². The van der Waals surface area contributed by atoms with Crippen LogP contribution in [0.1, 0.15) is 23.5 Å². The van der Waals surface area contributed by atoms with Gasteiger partial charge in [0.2, 0.25) is 0 Å². The third-order valence-electron chi connectivity index (χ3n) is 2.58. The van der Waals surface area contributed by atoms with Crippen LogP contribution < -0.4 is 5.32 Å². The number of hydrogen-bond donors (Lipinski definition) is 1. The smallest absolute Gasteiger partial charge is 0.330 e. The van der Waals surface area contributed by atoms with Crippen LogP contribution in [0.5, 0.6) is 0 Å². The number of hydrogen-bond acceptors (Lipinski definition) is 4. The predicted molar refractivity (Wildman–Crippen MR) is 62.6 cm³/mol. The fourth-order valence-electron chi connectivity index (χ4n) is 1.37. The molecule has 1 saturated carbocycles. The van der Waals surface area contributed by atoms with Gasteiger partial charge in [-0.15, -0.1) is 11.3 Å². The Morgan fingerprint density at radius 3 is 2.84 bits per heavy atom. The molecular formula is C11H14F4N2OS. The topological polar surface area (TPSA) is 34.1 Å². The van der Waals surface area contributed by atoms with Gasteiger partial charge in [0.05, 0.1) is 12.3 Å². The molecule has 19 heavy (non-hydrogen) atoms. The maximum absolute atomic E-state index is 12.6. The maximum Gasteiger partial charge on any atom is 0.330 e. The molecule has 0 saturated heterocycles. The van der Waals surface area contributed by atoms with Gasteiger partial charge in [-0.25, -0.2) is 13.8 Å². The molecule has 0 aromatic carbocycles. The highest BCUT2D eigenvalue weighted by molar-refractivity contribution is 7.09. The van der Waals surface area contributed by atoms with E-state index in [0.29, 0.717) is 18.3 Å². The summed E-state index contributed by atoms with van der Waals surface area (Å²) in [6.07, 6.45) is -1.37. The molecule has 1 N–H and O–H groups in total. The SMILES string of the molecule is FC(F)C(F)(F)COCc1csc(CNC2CC2)n1. The minimum absolute atomic E-state index is 0.178. The Morgan fingerprint density at radius 1 is 1.47 bits per heavy atom. The second-order valence-electron chi connectivity index (χ2n) is 4.44. The summed E-state index contributed by atoms with van der Waals surface area (Å²) in [6, 6.07) is 0.563. The second kappa shape index (κ2) is 6.15. The highest BCUT2D eigenvalue weighted by atomic mass is 32.1. The summed E-state index contributed by atoms with van der Waals surface area (Å²) in [5, 5.41) is 5.79. The summed E-state index contributed by atoms with van der Waals surface area (Å²) in [7, 11) is 0. The average molecular weight is 298 g/mol. The third kappa shape index (κ3) is 4.70. The van der Waals surface area contributed by atoms with Crippen molar-refractivity contribution < 1.29 is 22.3 Å². The molecule has 1 aliphatic carbocycles. The van der Waals surface area contributed by atoms with E-state index in [1.54, 1.807) is 5.38 Å². The number of thiazole rings is 1. The van der Waals surface area contributed by atoms with Gasteiger partial charge in [-0.3, -0.25) is 0 Å². The fourth-order valence-corrected chi connectivity index (χ4v) is 2.10. The molecule has 8 heteroatoms. The van der Waals surface area contributed by atoms with E-state index in [-0.39, 0.29) is 6.61 Å². The lowest BCUT2D eigenvalue weighted by molar-refractivity contribution is -0.168. The predicted octanol–water partition coefficient (Wildman–Crippen LogP) is 2.81. The Kier molecular flexibility index (Phi) is 4.75. The number of nitrogens with zero attached hydrogens (tertiary/aromatic N) is 1. The van der Waals surface area contributed by atoms with Crippen LogP contribution in [0.2, 0.25) is 0 Å². The molecular weight excluding hydrogens is 284 g/mol. The number of alkyl halides is 4. The monoisotopic (exact) mass is 298 g/mol. The van der Waals surface area contributed by atoms with Crippen LogP contribution in [0, 0.1) is 0 Å². The minimum Gasteiger partial charge on any atom is -0.369 e. The Bertz CT molecular complexity index is 409. The summed E-state index contributed by atoms with van der Waals surface area (Å²) in [4.78, 5) is 4.17. The Labute approximate surface area is 112 Å². The lowest BCUT2D eigenvalue weighted by Crippen LogP contribution is -2.32. The molecule has 1 fully saturated rings. The van der Waals surface area contributed by atoms with Gasteiger partial charge in [-0.05, 0) is 12.8 Å². The molecule has 1 heterocycles. The zero-order valence-electron chi connectivity index (χ0n) is 10.0. The minimum atomic E-state index is -4.10. The molecule has 3 nitrogen and oxygen atoms in total. The van der Waals surface area contributed by atoms with Crippen molar-refractivity contribution in [2.75, 3.05) is 6.61 Å². The highest BCUT2D eigenvalue weighted by Gasteiger charge is 2.40. The van der Waals surface area contributed by atoms with Gasteiger partial charge in [0.15, 0.2) is 0 Å². The highest BCUT2D eigenvalue weighted by Crippen LogP contribution is 2.23. The standard InChI is InChI=1S/C11H14F4N2OS/c12-10(13)11(14,15)6-18-4-8-5-19-9(17-8)3-16-7-1-2-7/h5,7,10,16H,1-4,6H2. The van der Waals surface area contributed by atoms with Crippen LogP contribution >= 0.6 is 11.3 Å². The summed E-state index contributed by atoms with van der Waals surface area (Å²) < 4.78 is 53.5. The molecule has 0 atom stereocenters. The fraction of sp³-hybridized carbons (Fsp3) is 0.727. The van der Waals surface area contributed by atoms with Crippen molar-refractivity contribution in [2.45, 2.75) is 44.4 Å². The van der Waals surface area contributed by atoms with Crippen LogP contribution in [0.3, 0.4) is 0 Å². The first-order chi connectivity index (χ1) is 8.97. The van der Waals surface area contributed by atoms with Gasteiger partial charge >= 0.3 is 12.3 Å². The zero-order chi connectivity index (χ0) is 13.9. The molecule has 0 bridgehead atoms. The summed E-state index contributed by atoms with van der Waals surface area (Å²) in [5.74, 6) is -4.10. The van der Waals surface area contributed by atoms with Crippen LogP contribution in [0.25, 0.3) is 0 Å². The van der Waals surface area contributed by atoms with Crippen molar-refractivity contribution in [2.24, 2.45) is 0 Å². The molecule has 108 valence electrons. The van der Waals surface area contributed by atoms with Crippen LogP contribution in [-0.4, -0.2) is 30.0 Å². The number of nitrogens with one attached hydrogen (secondary N) is 1. The molecule has 0 amide bonds. The Morgan fingerprint density at radius 2 is 2.21 bits per heavy atom. The zero-order valence-corrected chi connectivity index (χ0v) is 10.9. The van der Waals surface area contributed by atoms with Gasteiger partial charge in [0.1, 0.15) is 11.6 Å². The lowest BCUT2D eigenvalue weighted by Gasteiger charge is -2.14. The Hall–Kier alpha value is -0.730. The normalized spacial score (nSPS) is 16.3. The Balaban J connectivity index is 1.70. The van der Waals surface area contributed by atoms with E-state index in [9.17, 15) is 17.6 Å². The van der Waals surface area contributed by atoms with Crippen molar-refractivity contribution >= 4 is 11.3 Å². The van der Waals surface area contributed by atoms with E-state index in [2.05, 4.69) is 15.0 Å². The second-order valence-corrected chi connectivity index (χ2v) is 5.38. The molecule has 1 aromatic rings. The van der Waals surface area contributed by atoms with E-state index in [1.165, 1.54) is 24.2 Å². The lowest BCUT2D eigenvalue weighted by atomic mass is 10.4. The number of rotatable bonds is 8. The number of aromatic nitrogens is 1. The van der Waals surface area contributed by atoms with Crippen LogP contribution in [0.4, 0.5) is 17.6 Å². The van der Waals surface area contributed by atoms with Gasteiger partial charge in [0.25, 0.3) is 0 Å². The first-order valence-electron chi connectivity index (χ1n) is 5.88. The van der Waals surface area contributed by atoms with Gasteiger partial charge in [0, 0.05) is 18.0 Å². The number of halogens is 4. The molecule has 0 spiro atoms. The summed E-state index contributed by atoms with van der Waals surface area (Å²) >= 11 is 1.39. The van der Waals surface area contributed by atoms with E-state index in [4.69, 9.17) is 0 Å². The van der Waals surface area contributed by atoms with E-state index >= 15 is 0 Å². The van der Waals surface area contributed by atoms with Crippen molar-refractivity contribution in [3.8, 4) is 0 Å². The van der Waals surface area contributed by atoms with Crippen LogP contribution in [-0.2, 0) is 17.9 Å². The molecule has 0 radical (unpaired) electrons. The summed E-state index contributed by atoms with van der Waals surface area (Å²) in [6.45, 7) is -0.831. The first kappa shape index (κ1) is 14.7. The molecule has 0 aliphatic heterocycles. The first-order valence-corrected chi connectivity index (χ1v) is 6.76. The molecule has 2 rings (SSSR count). The summed E-state index contributed by atoms with van der Waals surface area (Å²) in [5.41, 5.74) is 0.489. The largest absolute Gasteiger partial charge is 0.369 e. The van der Waals surface area contributed by atoms with Gasteiger partial charge in [-0.2, -0.15) is 8.78 Å². The quantitative estimate of drug-likeness (QED) is 0.749. The van der Waals surface area contributed by atoms with Gasteiger partial charge in [-0.1, -0.05) is 0 Å².